The van der Waals surface area contributed by atoms with E-state index in [4.69, 9.17) is 0 Å². The number of nitrogens with zero attached hydrogens (tertiary/aromatic N) is 1. The molecule has 2 heterocycles. The van der Waals surface area contributed by atoms with Gasteiger partial charge < -0.3 is 10.2 Å². The van der Waals surface area contributed by atoms with Crippen molar-refractivity contribution in [1.29, 1.82) is 0 Å². The van der Waals surface area contributed by atoms with E-state index < -0.39 is 0 Å². The maximum absolute atomic E-state index is 12.7. The average Bonchev–Trinajstić information content (AvgIpc) is 2.84. The molecule has 1 amide bonds. The average molecular weight is 323 g/mol. The van der Waals surface area contributed by atoms with Gasteiger partial charge in [-0.25, -0.2) is 0 Å². The normalized spacial score (nSPS) is 25.2. The van der Waals surface area contributed by atoms with E-state index in [0.29, 0.717) is 30.3 Å². The summed E-state index contributed by atoms with van der Waals surface area (Å²) < 4.78 is 0. The Morgan fingerprint density at radius 1 is 1.23 bits per heavy atom. The second kappa shape index (κ2) is 7.98. The third kappa shape index (κ3) is 4.02. The van der Waals surface area contributed by atoms with Crippen LogP contribution in [0.15, 0.2) is 30.3 Å². The van der Waals surface area contributed by atoms with Crippen molar-refractivity contribution >= 4 is 18.3 Å². The van der Waals surface area contributed by atoms with Gasteiger partial charge in [0.2, 0.25) is 5.91 Å². The van der Waals surface area contributed by atoms with E-state index in [-0.39, 0.29) is 12.4 Å². The second-order valence-electron chi connectivity index (χ2n) is 6.49. The van der Waals surface area contributed by atoms with Crippen LogP contribution in [-0.4, -0.2) is 36.0 Å². The molecular formula is C18H27ClN2O. The summed E-state index contributed by atoms with van der Waals surface area (Å²) in [6, 6.07) is 11.6. The van der Waals surface area contributed by atoms with Gasteiger partial charge in [0.15, 0.2) is 0 Å². The smallest absolute Gasteiger partial charge is 0.223 e. The molecule has 1 aromatic carbocycles. The first-order valence-electron chi connectivity index (χ1n) is 8.35. The lowest BCUT2D eigenvalue weighted by atomic mass is 9.92. The summed E-state index contributed by atoms with van der Waals surface area (Å²) in [6.45, 7) is 4.01. The van der Waals surface area contributed by atoms with Gasteiger partial charge in [-0.1, -0.05) is 37.3 Å². The lowest BCUT2D eigenvalue weighted by molar-refractivity contribution is -0.131. The van der Waals surface area contributed by atoms with Crippen molar-refractivity contribution in [3.63, 3.8) is 0 Å². The Hall–Kier alpha value is -1.06. The molecule has 0 radical (unpaired) electrons. The van der Waals surface area contributed by atoms with E-state index in [2.05, 4.69) is 41.4 Å². The van der Waals surface area contributed by atoms with Crippen LogP contribution in [0.4, 0.5) is 0 Å². The van der Waals surface area contributed by atoms with Gasteiger partial charge in [-0.15, -0.1) is 12.4 Å². The van der Waals surface area contributed by atoms with Crippen LogP contribution < -0.4 is 5.32 Å². The number of fused-ring (bicyclic) bond motifs is 2. The fourth-order valence-corrected chi connectivity index (χ4v) is 3.73. The first-order chi connectivity index (χ1) is 10.3. The zero-order valence-corrected chi connectivity index (χ0v) is 14.1. The van der Waals surface area contributed by atoms with E-state index in [9.17, 15) is 4.79 Å². The van der Waals surface area contributed by atoms with E-state index in [1.54, 1.807) is 0 Å². The molecule has 0 aromatic heterocycles. The number of rotatable bonds is 4. The molecule has 3 nitrogen and oxygen atoms in total. The summed E-state index contributed by atoms with van der Waals surface area (Å²) in [5.74, 6) is 0.687. The fourth-order valence-electron chi connectivity index (χ4n) is 3.73. The summed E-state index contributed by atoms with van der Waals surface area (Å²) in [4.78, 5) is 14.8. The molecule has 4 heteroatoms. The molecule has 3 rings (SSSR count). The van der Waals surface area contributed by atoms with Gasteiger partial charge in [0.25, 0.3) is 0 Å². The zero-order chi connectivity index (χ0) is 14.7. The fraction of sp³-hybridized carbons (Fsp3) is 0.611. The Bertz CT molecular complexity index is 479. The first kappa shape index (κ1) is 17.3. The van der Waals surface area contributed by atoms with Crippen LogP contribution in [-0.2, 0) is 4.79 Å². The number of likely N-dealkylation sites (tertiary alicyclic amines) is 1. The molecule has 2 bridgehead atoms. The Kier molecular flexibility index (Phi) is 6.27. The van der Waals surface area contributed by atoms with Crippen molar-refractivity contribution in [2.45, 2.75) is 57.0 Å². The number of hydrogen-bond donors (Lipinski definition) is 1. The van der Waals surface area contributed by atoms with Gasteiger partial charge >= 0.3 is 0 Å². The quantitative estimate of drug-likeness (QED) is 0.922. The van der Waals surface area contributed by atoms with Gasteiger partial charge in [0, 0.05) is 31.6 Å². The van der Waals surface area contributed by atoms with Crippen LogP contribution in [0.3, 0.4) is 0 Å². The Morgan fingerprint density at radius 3 is 2.68 bits per heavy atom. The van der Waals surface area contributed by atoms with E-state index in [0.717, 1.165) is 25.9 Å². The SMILES string of the molecule is CCC(CC(=O)N1CCC2CCC(C1)N2)c1ccccc1.Cl. The highest BCUT2D eigenvalue weighted by molar-refractivity contribution is 5.85. The minimum absolute atomic E-state index is 0. The molecular weight excluding hydrogens is 296 g/mol. The van der Waals surface area contributed by atoms with Gasteiger partial charge in [0.05, 0.1) is 0 Å². The largest absolute Gasteiger partial charge is 0.341 e. The first-order valence-corrected chi connectivity index (χ1v) is 8.35. The third-order valence-corrected chi connectivity index (χ3v) is 5.06. The maximum Gasteiger partial charge on any atom is 0.223 e. The summed E-state index contributed by atoms with van der Waals surface area (Å²) in [6.07, 6.45) is 5.30. The van der Waals surface area contributed by atoms with Crippen molar-refractivity contribution in [2.24, 2.45) is 0 Å². The molecule has 0 aliphatic carbocycles. The molecule has 3 atom stereocenters. The van der Waals surface area contributed by atoms with Gasteiger partial charge in [0.1, 0.15) is 0 Å². The molecule has 1 aromatic rings. The maximum atomic E-state index is 12.7. The van der Waals surface area contributed by atoms with Crippen LogP contribution in [0.2, 0.25) is 0 Å². The number of benzene rings is 1. The number of carbonyl (C=O) groups excluding carboxylic acids is 1. The molecule has 22 heavy (non-hydrogen) atoms. The predicted octanol–water partition coefficient (Wildman–Crippen LogP) is 3.35. The number of halogens is 1. The summed E-state index contributed by atoms with van der Waals surface area (Å²) in [5, 5.41) is 3.64. The molecule has 3 unspecified atom stereocenters. The van der Waals surface area contributed by atoms with Crippen molar-refractivity contribution in [3.8, 4) is 0 Å². The Labute approximate surface area is 139 Å². The highest BCUT2D eigenvalue weighted by Crippen LogP contribution is 2.26. The van der Waals surface area contributed by atoms with Crippen molar-refractivity contribution in [3.05, 3.63) is 35.9 Å². The topological polar surface area (TPSA) is 32.3 Å². The van der Waals surface area contributed by atoms with Crippen molar-refractivity contribution < 1.29 is 4.79 Å². The minimum atomic E-state index is 0. The summed E-state index contributed by atoms with van der Waals surface area (Å²) in [5.41, 5.74) is 1.29. The monoisotopic (exact) mass is 322 g/mol. The molecule has 2 fully saturated rings. The lowest BCUT2D eigenvalue weighted by Crippen LogP contribution is -2.39. The van der Waals surface area contributed by atoms with Crippen LogP contribution in [0.5, 0.6) is 0 Å². The number of nitrogens with one attached hydrogen (secondary N) is 1. The zero-order valence-electron chi connectivity index (χ0n) is 13.3. The molecule has 2 aliphatic heterocycles. The van der Waals surface area contributed by atoms with Crippen LogP contribution in [0.1, 0.15) is 50.5 Å². The molecule has 0 spiro atoms. The number of hydrogen-bond acceptors (Lipinski definition) is 2. The molecule has 2 saturated heterocycles. The highest BCUT2D eigenvalue weighted by Gasteiger charge is 2.31. The van der Waals surface area contributed by atoms with E-state index in [1.807, 2.05) is 6.07 Å². The van der Waals surface area contributed by atoms with Gasteiger partial charge in [-0.2, -0.15) is 0 Å². The Morgan fingerprint density at radius 2 is 1.95 bits per heavy atom. The summed E-state index contributed by atoms with van der Waals surface area (Å²) >= 11 is 0. The lowest BCUT2D eigenvalue weighted by Gasteiger charge is -2.26. The predicted molar refractivity (Wildman–Crippen MR) is 92.5 cm³/mol. The number of carbonyl (C=O) groups is 1. The Balaban J connectivity index is 0.00000176. The molecule has 2 aliphatic rings. The molecule has 122 valence electrons. The minimum Gasteiger partial charge on any atom is -0.341 e. The van der Waals surface area contributed by atoms with Gasteiger partial charge in [-0.3, -0.25) is 4.79 Å². The highest BCUT2D eigenvalue weighted by atomic mass is 35.5. The molecule has 1 N–H and O–H groups in total. The van der Waals surface area contributed by atoms with Crippen LogP contribution in [0, 0.1) is 0 Å². The van der Waals surface area contributed by atoms with E-state index >= 15 is 0 Å². The number of amides is 1. The summed E-state index contributed by atoms with van der Waals surface area (Å²) in [7, 11) is 0. The van der Waals surface area contributed by atoms with Crippen molar-refractivity contribution in [2.75, 3.05) is 13.1 Å². The van der Waals surface area contributed by atoms with Crippen LogP contribution >= 0.6 is 12.4 Å². The molecule has 0 saturated carbocycles. The van der Waals surface area contributed by atoms with Gasteiger partial charge in [-0.05, 0) is 37.2 Å². The second-order valence-corrected chi connectivity index (χ2v) is 6.49. The van der Waals surface area contributed by atoms with Crippen LogP contribution in [0.25, 0.3) is 0 Å². The van der Waals surface area contributed by atoms with Crippen molar-refractivity contribution in [1.82, 2.24) is 10.2 Å². The third-order valence-electron chi connectivity index (χ3n) is 5.06. The van der Waals surface area contributed by atoms with E-state index in [1.165, 1.54) is 18.4 Å². The standard InChI is InChI=1S/C18H26N2O.ClH/c1-2-14(15-6-4-3-5-7-15)12-18(21)20-11-10-16-8-9-17(13-20)19-16;/h3-7,14,16-17,19H,2,8-13H2,1H3;1H.